The molecule has 4 aromatic heterocycles. The molecular weight excluding hydrogens is 507 g/mol. The smallest absolute Gasteiger partial charge is 0.113 e. The summed E-state index contributed by atoms with van der Waals surface area (Å²) in [5.74, 6) is 0. The molecule has 0 unspecified atom stereocenters. The van der Waals surface area contributed by atoms with Crippen LogP contribution >= 0.6 is 25.3 Å². The van der Waals surface area contributed by atoms with E-state index in [0.29, 0.717) is 0 Å². The highest BCUT2D eigenvalue weighted by molar-refractivity contribution is 7.80. The van der Waals surface area contributed by atoms with Gasteiger partial charge in [0, 0.05) is 38.9 Å². The van der Waals surface area contributed by atoms with Crippen molar-refractivity contribution in [1.82, 2.24) is 24.0 Å². The monoisotopic (exact) mass is 529 g/mol. The molecule has 5 nitrogen and oxygen atoms in total. The van der Waals surface area contributed by atoms with Gasteiger partial charge in [-0.1, -0.05) is 37.4 Å². The van der Waals surface area contributed by atoms with Crippen LogP contribution in [0, 0.1) is 0 Å². The van der Waals surface area contributed by atoms with Gasteiger partial charge in [-0.2, -0.15) is 0 Å². The molecule has 0 spiro atoms. The molecule has 0 aromatic carbocycles. The summed E-state index contributed by atoms with van der Waals surface area (Å²) in [5.41, 5.74) is 9.19. The summed E-state index contributed by atoms with van der Waals surface area (Å²) in [6, 6.07) is 16.0. The molecule has 0 saturated carbocycles. The van der Waals surface area contributed by atoms with Crippen molar-refractivity contribution in [2.24, 2.45) is 0 Å². The Morgan fingerprint density at radius 3 is 1.89 bits per heavy atom. The van der Waals surface area contributed by atoms with E-state index in [4.69, 9.17) is 25.3 Å². The predicted octanol–water partition coefficient (Wildman–Crippen LogP) is 7.69. The zero-order valence-electron chi connectivity index (χ0n) is 20.4. The maximum Gasteiger partial charge on any atom is 0.113 e. The molecule has 0 aliphatic carbocycles. The Balaban J connectivity index is 1.36. The molecule has 2 aliphatic heterocycles. The van der Waals surface area contributed by atoms with E-state index >= 15 is 0 Å². The summed E-state index contributed by atoms with van der Waals surface area (Å²) < 4.78 is 4.20. The second-order valence-electron chi connectivity index (χ2n) is 8.68. The summed E-state index contributed by atoms with van der Waals surface area (Å²) in [4.78, 5) is 6.43. The van der Waals surface area contributed by atoms with Crippen LogP contribution in [0.4, 0.5) is 0 Å². The number of fused-ring (bicyclic) bond motifs is 3. The standard InChI is InChI=1S/C31H23N5S2/c1-3-21-26(35-17-7-5-9-28(35)30(21)37)15-12-20-11-13-23-24(33-34-25(23)19-32-20)14-16-27-22(4-2)31(38)29-10-6-8-18-36(27)29/h3-19,37-38H,1-2H2/b15-12+,16-14+. The zero-order chi connectivity index (χ0) is 26.2. The fourth-order valence-electron chi connectivity index (χ4n) is 4.72. The summed E-state index contributed by atoms with van der Waals surface area (Å²) in [6.45, 7) is 7.95. The van der Waals surface area contributed by atoms with Gasteiger partial charge < -0.3 is 8.80 Å². The summed E-state index contributed by atoms with van der Waals surface area (Å²) in [6.07, 6.45) is 17.5. The zero-order valence-corrected chi connectivity index (χ0v) is 22.1. The first-order chi connectivity index (χ1) is 18.6. The van der Waals surface area contributed by atoms with Gasteiger partial charge >= 0.3 is 0 Å². The molecule has 6 heterocycles. The number of nitrogens with zero attached hydrogens (tertiary/aromatic N) is 5. The molecule has 184 valence electrons. The van der Waals surface area contributed by atoms with Crippen LogP contribution in [0.1, 0.15) is 33.9 Å². The van der Waals surface area contributed by atoms with Crippen LogP contribution in [0.25, 0.3) is 58.7 Å². The lowest BCUT2D eigenvalue weighted by molar-refractivity contribution is 1.08. The van der Waals surface area contributed by atoms with E-state index < -0.39 is 0 Å². The van der Waals surface area contributed by atoms with E-state index in [1.165, 1.54) is 0 Å². The second-order valence-corrected chi connectivity index (χ2v) is 9.58. The number of hydrogen-bond donors (Lipinski definition) is 2. The van der Waals surface area contributed by atoms with Gasteiger partial charge in [-0.15, -0.1) is 35.5 Å². The molecule has 0 N–H and O–H groups in total. The van der Waals surface area contributed by atoms with Crippen LogP contribution in [0.3, 0.4) is 0 Å². The average Bonchev–Trinajstić information content (AvgIpc) is 3.50. The number of hydrogen-bond acceptors (Lipinski definition) is 5. The largest absolute Gasteiger partial charge is 0.315 e. The number of rotatable bonds is 6. The Morgan fingerprint density at radius 1 is 0.684 bits per heavy atom. The number of aromatic nitrogens is 5. The topological polar surface area (TPSA) is 47.5 Å². The predicted molar refractivity (Wildman–Crippen MR) is 164 cm³/mol. The van der Waals surface area contributed by atoms with E-state index in [1.54, 1.807) is 6.20 Å². The molecule has 7 heteroatoms. The van der Waals surface area contributed by atoms with E-state index in [0.717, 1.165) is 66.0 Å². The molecule has 0 bridgehead atoms. The van der Waals surface area contributed by atoms with Gasteiger partial charge in [0.2, 0.25) is 0 Å². The summed E-state index contributed by atoms with van der Waals surface area (Å²) >= 11 is 9.42. The Morgan fingerprint density at radius 2 is 1.29 bits per heavy atom. The van der Waals surface area contributed by atoms with Gasteiger partial charge in [-0.05, 0) is 60.7 Å². The molecule has 0 atom stereocenters. The van der Waals surface area contributed by atoms with E-state index in [-0.39, 0.29) is 0 Å². The van der Waals surface area contributed by atoms with E-state index in [9.17, 15) is 0 Å². The van der Waals surface area contributed by atoms with Crippen LogP contribution in [-0.2, 0) is 0 Å². The molecule has 4 aromatic rings. The first kappa shape index (κ1) is 24.0. The average molecular weight is 530 g/mol. The Bertz CT molecular complexity index is 1890. The Kier molecular flexibility index (Phi) is 6.23. The van der Waals surface area contributed by atoms with Gasteiger partial charge in [0.25, 0.3) is 0 Å². The molecular formula is C31H23N5S2. The first-order valence-corrected chi connectivity index (χ1v) is 12.9. The molecule has 0 fully saturated rings. The minimum Gasteiger partial charge on any atom is -0.315 e. The minimum atomic E-state index is 0.723. The van der Waals surface area contributed by atoms with Crippen molar-refractivity contribution in [2.45, 2.75) is 9.79 Å². The van der Waals surface area contributed by atoms with Crippen molar-refractivity contribution in [3.63, 3.8) is 0 Å². The molecule has 38 heavy (non-hydrogen) atoms. The van der Waals surface area contributed by atoms with E-state index in [1.807, 2.05) is 97.4 Å². The molecule has 0 radical (unpaired) electrons. The van der Waals surface area contributed by atoms with Crippen molar-refractivity contribution >= 4 is 72.7 Å². The lowest BCUT2D eigenvalue weighted by atomic mass is 10.1. The highest BCUT2D eigenvalue weighted by Crippen LogP contribution is 2.31. The van der Waals surface area contributed by atoms with Crippen LogP contribution in [-0.4, -0.2) is 24.0 Å². The molecule has 0 saturated heterocycles. The van der Waals surface area contributed by atoms with Gasteiger partial charge in [-0.25, -0.2) is 0 Å². The van der Waals surface area contributed by atoms with Crippen LogP contribution < -0.4 is 0 Å². The van der Waals surface area contributed by atoms with Crippen LogP contribution in [0.15, 0.2) is 90.1 Å². The maximum absolute atomic E-state index is 4.71. The quantitative estimate of drug-likeness (QED) is 0.218. The molecule has 0 amide bonds. The van der Waals surface area contributed by atoms with Crippen molar-refractivity contribution in [1.29, 1.82) is 0 Å². The summed E-state index contributed by atoms with van der Waals surface area (Å²) in [7, 11) is 0. The highest BCUT2D eigenvalue weighted by atomic mass is 32.1. The number of thiol groups is 2. The van der Waals surface area contributed by atoms with Crippen LogP contribution in [0.5, 0.6) is 0 Å². The van der Waals surface area contributed by atoms with Gasteiger partial charge in [-0.3, -0.25) is 4.98 Å². The number of pyridine rings is 2. The second kappa shape index (κ2) is 9.85. The summed E-state index contributed by atoms with van der Waals surface area (Å²) in [5, 5.41) is 8.75. The van der Waals surface area contributed by atoms with Gasteiger partial charge in [0.1, 0.15) is 5.69 Å². The lowest BCUT2D eigenvalue weighted by Gasteiger charge is -1.98. The molecule has 6 rings (SSSR count). The van der Waals surface area contributed by atoms with E-state index in [2.05, 4.69) is 37.1 Å². The van der Waals surface area contributed by atoms with Crippen molar-refractivity contribution in [3.05, 3.63) is 114 Å². The van der Waals surface area contributed by atoms with Crippen molar-refractivity contribution < 1.29 is 0 Å². The van der Waals surface area contributed by atoms with Gasteiger partial charge in [0.15, 0.2) is 0 Å². The fourth-order valence-corrected chi connectivity index (χ4v) is 5.49. The third kappa shape index (κ3) is 3.97. The Hall–Kier alpha value is -4.33. The highest BCUT2D eigenvalue weighted by Gasteiger charge is 2.14. The minimum absolute atomic E-state index is 0.723. The van der Waals surface area contributed by atoms with Crippen LogP contribution in [0.2, 0.25) is 0 Å². The normalized spacial score (nSPS) is 11.9. The van der Waals surface area contributed by atoms with Crippen molar-refractivity contribution in [2.75, 3.05) is 0 Å². The third-order valence-electron chi connectivity index (χ3n) is 6.58. The maximum atomic E-state index is 4.71. The third-order valence-corrected chi connectivity index (χ3v) is 7.52. The SMILES string of the molecule is C=Cc1c(S)c2ccccn2c1/C=C/c1ccc2c(/C=C/c3c(C=C)c(S)c4ccccn34)nnc-2cn1. The first-order valence-electron chi connectivity index (χ1n) is 12.0. The Labute approximate surface area is 231 Å². The fraction of sp³-hybridized carbons (Fsp3) is 0. The van der Waals surface area contributed by atoms with Gasteiger partial charge in [0.05, 0.1) is 40.0 Å². The lowest BCUT2D eigenvalue weighted by Crippen LogP contribution is -1.86. The molecule has 2 aliphatic rings. The van der Waals surface area contributed by atoms with Crippen molar-refractivity contribution in [3.8, 4) is 11.3 Å².